The summed E-state index contributed by atoms with van der Waals surface area (Å²) in [5.74, 6) is -3.53. The third-order valence-corrected chi connectivity index (χ3v) is 10.4. The van der Waals surface area contributed by atoms with Crippen molar-refractivity contribution in [3.05, 3.63) is 168 Å². The van der Waals surface area contributed by atoms with Crippen LogP contribution in [-0.4, -0.2) is 109 Å². The number of aromatic carboxylic acids is 4. The first-order valence-electron chi connectivity index (χ1n) is 24.2. The summed E-state index contributed by atoms with van der Waals surface area (Å²) in [5, 5.41) is 60.0. The largest absolute Gasteiger partial charge is 2.00 e. The number of carboxylic acid groups (broad SMARTS) is 4. The third kappa shape index (κ3) is 38.5. The van der Waals surface area contributed by atoms with Crippen molar-refractivity contribution in [3.63, 3.8) is 0 Å². The van der Waals surface area contributed by atoms with E-state index in [1.54, 1.807) is 48.5 Å². The topological polar surface area (TPSA) is 266 Å². The molecule has 4 aromatic heterocycles. The number of hydrogen-bond acceptors (Lipinski definition) is 14. The zero-order valence-electron chi connectivity index (χ0n) is 45.7. The van der Waals surface area contributed by atoms with Crippen LogP contribution < -0.4 is 20.4 Å². The number of likely N-dealkylation sites (tertiary alicyclic amines) is 2. The van der Waals surface area contributed by atoms with E-state index in [2.05, 4.69) is 29.7 Å². The van der Waals surface area contributed by atoms with Crippen LogP contribution in [0.4, 0.5) is 0 Å². The van der Waals surface area contributed by atoms with Crippen molar-refractivity contribution in [2.45, 2.75) is 56.7 Å². The Morgan fingerprint density at radius 2 is 0.512 bits per heavy atom. The number of halogens is 12. The number of carboxylic acids is 4. The van der Waals surface area contributed by atoms with Gasteiger partial charge in [0.2, 0.25) is 0 Å². The quantitative estimate of drug-likeness (QED) is 0.0718. The first kappa shape index (κ1) is 84.1. The molecule has 0 atom stereocenters. The second kappa shape index (κ2) is 48.0. The molecule has 8 aromatic rings. The fourth-order valence-electron chi connectivity index (χ4n) is 6.82. The van der Waals surface area contributed by atoms with Crippen LogP contribution in [0.2, 0.25) is 0 Å². The van der Waals surface area contributed by atoms with Crippen molar-refractivity contribution in [2.75, 3.05) is 26.2 Å². The molecule has 2 aliphatic heterocycles. The molecular formula is C56H52Cl12N8O8Zn2. The van der Waals surface area contributed by atoms with Crippen molar-refractivity contribution in [1.82, 2.24) is 29.7 Å². The minimum Gasteiger partial charge on any atom is -0.543 e. The maximum Gasteiger partial charge on any atom is 2.00 e. The van der Waals surface area contributed by atoms with Crippen LogP contribution in [0.5, 0.6) is 0 Å². The summed E-state index contributed by atoms with van der Waals surface area (Å²) in [6.45, 7) is 8.13. The van der Waals surface area contributed by atoms with E-state index in [0.717, 1.165) is 59.4 Å². The molecule has 6 heterocycles. The van der Waals surface area contributed by atoms with Crippen molar-refractivity contribution >= 4 is 218 Å². The Labute approximate surface area is 583 Å². The molecule has 2 N–H and O–H groups in total. The molecular weight excluding hydrogens is 1470 g/mol. The fourth-order valence-corrected chi connectivity index (χ4v) is 6.82. The Bertz CT molecular complexity index is 2900. The van der Waals surface area contributed by atoms with Gasteiger partial charge in [-0.25, -0.2) is 19.9 Å². The second-order valence-corrected chi connectivity index (χ2v) is 24.2. The number of rotatable bonds is 4. The average molecular weight is 1520 g/mol. The Morgan fingerprint density at radius 3 is 0.651 bits per heavy atom. The number of hydrogen-bond donors (Lipinski definition) is 2. The first-order chi connectivity index (χ1) is 39.6. The zero-order valence-corrected chi connectivity index (χ0v) is 60.7. The van der Waals surface area contributed by atoms with Gasteiger partial charge in [0.25, 0.3) is 0 Å². The number of nitrogens with one attached hydrogen (secondary N) is 2. The van der Waals surface area contributed by atoms with Crippen LogP contribution in [0.15, 0.2) is 146 Å². The Kier molecular flexibility index (Phi) is 46.9. The molecule has 0 amide bonds. The Balaban J connectivity index is 0. The van der Waals surface area contributed by atoms with Gasteiger partial charge in [0.1, 0.15) is 0 Å². The van der Waals surface area contributed by atoms with Crippen LogP contribution in [0.25, 0.3) is 43.6 Å². The van der Waals surface area contributed by atoms with E-state index in [1.165, 1.54) is 49.9 Å². The monoisotopic (exact) mass is 1510 g/mol. The van der Waals surface area contributed by atoms with E-state index in [1.807, 2.05) is 86.6 Å². The summed E-state index contributed by atoms with van der Waals surface area (Å²) in [6, 6.07) is 42.0. The van der Waals surface area contributed by atoms with Gasteiger partial charge in [-0.15, -0.1) is 0 Å². The predicted molar refractivity (Wildman–Crippen MR) is 338 cm³/mol. The minimum atomic E-state index is -1.24. The van der Waals surface area contributed by atoms with Gasteiger partial charge in [-0.2, -0.15) is 0 Å². The summed E-state index contributed by atoms with van der Waals surface area (Å²) in [6.07, 6.45) is 5.10. The molecule has 0 radical (unpaired) electrons. The van der Waals surface area contributed by atoms with Gasteiger partial charge >= 0.3 is 39.0 Å². The molecule has 0 spiro atoms. The number of benzene rings is 4. The molecule has 10 rings (SSSR count). The van der Waals surface area contributed by atoms with Crippen LogP contribution in [0.3, 0.4) is 0 Å². The number of alkyl halides is 12. The maximum atomic E-state index is 10.5. The summed E-state index contributed by atoms with van der Waals surface area (Å²) in [7, 11) is 0. The molecule has 0 saturated carbocycles. The van der Waals surface area contributed by atoms with Crippen LogP contribution in [0, 0.1) is 10.8 Å². The molecule has 2 saturated heterocycles. The third-order valence-electron chi connectivity index (χ3n) is 10.4. The molecule has 2 fully saturated rings. The molecule has 4 aromatic carbocycles. The SMILES string of the molecule is CC(=N)N1CCCC1.CC(=N)N1CCCC1.ClC(Cl)Cl.ClC(Cl)Cl.ClC(Cl)Cl.ClC(Cl)Cl.O=C([O-])c1ccc2ccccc2n1.O=C([O-])c1ccc2ccccc2n1.O=C([O-])c1ccc2ccccc2n1.O=C([O-])c1ccc2ccccc2n1.[Zn+2].[Zn+2]. The molecule has 16 nitrogen and oxygen atoms in total. The number of pyridine rings is 4. The number of aromatic nitrogens is 4. The van der Waals surface area contributed by atoms with Gasteiger partial charge in [0.15, 0.2) is 17.2 Å². The summed E-state index contributed by atoms with van der Waals surface area (Å²) in [5.41, 5.74) is 2.57. The van der Waals surface area contributed by atoms with E-state index >= 15 is 0 Å². The van der Waals surface area contributed by atoms with Gasteiger partial charge in [-0.05, 0) is 88.1 Å². The molecule has 0 unspecified atom stereocenters. The van der Waals surface area contributed by atoms with Crippen molar-refractivity contribution in [2.24, 2.45) is 0 Å². The second-order valence-electron chi connectivity index (χ2n) is 16.3. The average Bonchev–Trinajstić information content (AvgIpc) is 4.36. The van der Waals surface area contributed by atoms with E-state index in [9.17, 15) is 39.6 Å². The minimum absolute atomic E-state index is 0. The van der Waals surface area contributed by atoms with Crippen molar-refractivity contribution in [3.8, 4) is 0 Å². The first-order valence-corrected chi connectivity index (χ1v) is 29.4. The standard InChI is InChI=1S/4C10H7NO2.2C6H12N2.4CHCl3.2Zn/c4*12-10(13)9-6-5-7-3-1-2-4-8(7)11-9;2*1-6(7)8-4-2-3-5-8;4*2-1(3)4;;/h4*1-6H,(H,12,13);2*7H,2-5H2,1H3;4*1H;;/q;;;;;;;;;;2*+2/p-4. The van der Waals surface area contributed by atoms with Crippen LogP contribution in [-0.2, 0) is 39.0 Å². The van der Waals surface area contributed by atoms with Gasteiger partial charge < -0.3 is 49.4 Å². The molecule has 2 aliphatic rings. The summed E-state index contributed by atoms with van der Waals surface area (Å²) in [4.78, 5) is 61.8. The smallest absolute Gasteiger partial charge is 0.543 e. The van der Waals surface area contributed by atoms with Gasteiger partial charge in [0, 0.05) is 47.7 Å². The Hall–Kier alpha value is -3.93. The van der Waals surface area contributed by atoms with E-state index in [-0.39, 0.29) is 61.7 Å². The molecule has 0 bridgehead atoms. The number of amidine groups is 2. The number of nitrogens with zero attached hydrogens (tertiary/aromatic N) is 6. The summed E-state index contributed by atoms with van der Waals surface area (Å²) >= 11 is 57.7. The summed E-state index contributed by atoms with van der Waals surface area (Å²) < 4.78 is -3.00. The van der Waals surface area contributed by atoms with E-state index in [0.29, 0.717) is 22.1 Å². The Morgan fingerprint density at radius 1 is 0.349 bits per heavy atom. The van der Waals surface area contributed by atoms with Gasteiger partial charge in [-0.1, -0.05) is 236 Å². The number of carbonyl (C=O) groups is 4. The molecule has 86 heavy (non-hydrogen) atoms. The maximum absolute atomic E-state index is 10.5. The molecule has 30 heteroatoms. The number of carbonyl (C=O) groups excluding carboxylic acids is 4. The van der Waals surface area contributed by atoms with Gasteiger partial charge in [-0.3, -0.25) is 10.8 Å². The van der Waals surface area contributed by atoms with E-state index < -0.39 is 41.1 Å². The molecule has 452 valence electrons. The van der Waals surface area contributed by atoms with Crippen molar-refractivity contribution in [1.29, 1.82) is 10.8 Å². The van der Waals surface area contributed by atoms with Crippen LogP contribution >= 0.6 is 139 Å². The predicted octanol–water partition coefficient (Wildman–Crippen LogP) is 12.5. The van der Waals surface area contributed by atoms with Gasteiger partial charge in [0.05, 0.1) is 80.4 Å². The van der Waals surface area contributed by atoms with Crippen LogP contribution in [0.1, 0.15) is 81.5 Å². The normalized spacial score (nSPS) is 11.4. The van der Waals surface area contributed by atoms with E-state index in [4.69, 9.17) is 150 Å². The zero-order chi connectivity index (χ0) is 63.3. The van der Waals surface area contributed by atoms with Crippen molar-refractivity contribution < 1.29 is 78.6 Å². The number of fused-ring (bicyclic) bond motifs is 4. The number of para-hydroxylation sites is 4. The molecule has 0 aliphatic carbocycles. The fraction of sp³-hybridized carbons (Fsp3) is 0.250.